The SMILES string of the molecule is COc1ccc2c(c1)CC(N1CCCCC1CCN)CC2. The Morgan fingerprint density at radius 2 is 2.14 bits per heavy atom. The van der Waals surface area contributed by atoms with Crippen LogP contribution in [0.15, 0.2) is 18.2 Å². The Labute approximate surface area is 128 Å². The van der Waals surface area contributed by atoms with E-state index in [1.165, 1.54) is 56.2 Å². The molecule has 116 valence electrons. The standard InChI is InChI=1S/C18H28N2O/c1-21-18-8-6-14-5-7-17(12-15(14)13-18)20-11-3-2-4-16(20)9-10-19/h6,8,13,16-17H,2-5,7,9-12,19H2,1H3. The predicted molar refractivity (Wildman–Crippen MR) is 86.8 cm³/mol. The van der Waals surface area contributed by atoms with Gasteiger partial charge in [-0.05, 0) is 74.9 Å². The fourth-order valence-corrected chi connectivity index (χ4v) is 4.13. The van der Waals surface area contributed by atoms with Crippen LogP contribution in [0.1, 0.15) is 43.2 Å². The largest absolute Gasteiger partial charge is 0.497 e. The number of piperidine rings is 1. The first-order valence-corrected chi connectivity index (χ1v) is 8.43. The first-order valence-electron chi connectivity index (χ1n) is 8.43. The summed E-state index contributed by atoms with van der Waals surface area (Å²) in [5.74, 6) is 0.992. The molecule has 0 bridgehead atoms. The summed E-state index contributed by atoms with van der Waals surface area (Å²) in [4.78, 5) is 2.76. The maximum Gasteiger partial charge on any atom is 0.119 e. The van der Waals surface area contributed by atoms with Crippen LogP contribution in [0.4, 0.5) is 0 Å². The quantitative estimate of drug-likeness (QED) is 0.926. The number of benzene rings is 1. The van der Waals surface area contributed by atoms with Gasteiger partial charge in [-0.1, -0.05) is 12.5 Å². The minimum Gasteiger partial charge on any atom is -0.497 e. The van der Waals surface area contributed by atoms with E-state index in [2.05, 4.69) is 23.1 Å². The van der Waals surface area contributed by atoms with E-state index in [9.17, 15) is 0 Å². The lowest BCUT2D eigenvalue weighted by molar-refractivity contribution is 0.0819. The molecule has 1 fully saturated rings. The molecule has 2 aliphatic rings. The molecule has 1 heterocycles. The molecule has 1 saturated heterocycles. The van der Waals surface area contributed by atoms with E-state index in [-0.39, 0.29) is 0 Å². The van der Waals surface area contributed by atoms with Gasteiger partial charge in [-0.25, -0.2) is 0 Å². The summed E-state index contributed by atoms with van der Waals surface area (Å²) >= 11 is 0. The number of rotatable bonds is 4. The second-order valence-corrected chi connectivity index (χ2v) is 6.50. The van der Waals surface area contributed by atoms with Gasteiger partial charge in [-0.3, -0.25) is 4.90 Å². The van der Waals surface area contributed by atoms with Crippen LogP contribution < -0.4 is 10.5 Å². The molecule has 2 unspecified atom stereocenters. The normalized spacial score (nSPS) is 26.4. The van der Waals surface area contributed by atoms with Gasteiger partial charge in [-0.2, -0.15) is 0 Å². The van der Waals surface area contributed by atoms with Crippen LogP contribution in [-0.2, 0) is 12.8 Å². The number of aryl methyl sites for hydroxylation is 1. The molecule has 1 aliphatic heterocycles. The minimum atomic E-state index is 0.696. The Morgan fingerprint density at radius 1 is 1.24 bits per heavy atom. The third-order valence-electron chi connectivity index (χ3n) is 5.26. The molecule has 3 heteroatoms. The summed E-state index contributed by atoms with van der Waals surface area (Å²) in [6.07, 6.45) is 8.88. The molecule has 0 saturated carbocycles. The third kappa shape index (κ3) is 3.24. The van der Waals surface area contributed by atoms with Crippen LogP contribution in [0.3, 0.4) is 0 Å². The zero-order chi connectivity index (χ0) is 14.7. The Balaban J connectivity index is 1.74. The molecule has 1 aromatic carbocycles. The number of methoxy groups -OCH3 is 1. The summed E-state index contributed by atoms with van der Waals surface area (Å²) in [6.45, 7) is 2.08. The smallest absolute Gasteiger partial charge is 0.119 e. The van der Waals surface area contributed by atoms with Gasteiger partial charge in [0.15, 0.2) is 0 Å². The lowest BCUT2D eigenvalue weighted by Crippen LogP contribution is -2.49. The molecule has 0 amide bonds. The van der Waals surface area contributed by atoms with E-state index in [4.69, 9.17) is 10.5 Å². The van der Waals surface area contributed by atoms with Gasteiger partial charge in [0.05, 0.1) is 7.11 Å². The zero-order valence-electron chi connectivity index (χ0n) is 13.2. The van der Waals surface area contributed by atoms with Crippen molar-refractivity contribution in [2.75, 3.05) is 20.2 Å². The fraction of sp³-hybridized carbons (Fsp3) is 0.667. The average Bonchev–Trinajstić information content (AvgIpc) is 2.54. The van der Waals surface area contributed by atoms with Gasteiger partial charge in [0.2, 0.25) is 0 Å². The van der Waals surface area contributed by atoms with Crippen molar-refractivity contribution in [1.29, 1.82) is 0 Å². The molecule has 0 radical (unpaired) electrons. The van der Waals surface area contributed by atoms with Crippen LogP contribution in [0.5, 0.6) is 5.75 Å². The Bertz CT molecular complexity index is 472. The molecule has 2 atom stereocenters. The van der Waals surface area contributed by atoms with Gasteiger partial charge >= 0.3 is 0 Å². The summed E-state index contributed by atoms with van der Waals surface area (Å²) in [7, 11) is 1.75. The van der Waals surface area contributed by atoms with E-state index < -0.39 is 0 Å². The van der Waals surface area contributed by atoms with Gasteiger partial charge in [-0.15, -0.1) is 0 Å². The number of hydrogen-bond acceptors (Lipinski definition) is 3. The second-order valence-electron chi connectivity index (χ2n) is 6.50. The number of likely N-dealkylation sites (tertiary alicyclic amines) is 1. The second kappa shape index (κ2) is 6.80. The van der Waals surface area contributed by atoms with Crippen molar-refractivity contribution in [1.82, 2.24) is 4.90 Å². The molecule has 3 nitrogen and oxygen atoms in total. The first kappa shape index (κ1) is 14.9. The molecule has 2 N–H and O–H groups in total. The van der Waals surface area contributed by atoms with Crippen LogP contribution in [0.25, 0.3) is 0 Å². The molecular weight excluding hydrogens is 260 g/mol. The predicted octanol–water partition coefficient (Wildman–Crippen LogP) is 2.76. The van der Waals surface area contributed by atoms with E-state index in [0.29, 0.717) is 12.1 Å². The summed E-state index contributed by atoms with van der Waals surface area (Å²) < 4.78 is 5.39. The lowest BCUT2D eigenvalue weighted by Gasteiger charge is -2.43. The Morgan fingerprint density at radius 3 is 2.95 bits per heavy atom. The van der Waals surface area contributed by atoms with Crippen LogP contribution >= 0.6 is 0 Å². The highest BCUT2D eigenvalue weighted by atomic mass is 16.5. The third-order valence-corrected chi connectivity index (χ3v) is 5.26. The van der Waals surface area contributed by atoms with E-state index in [1.807, 2.05) is 0 Å². The fourth-order valence-electron chi connectivity index (χ4n) is 4.13. The minimum absolute atomic E-state index is 0.696. The lowest BCUT2D eigenvalue weighted by atomic mass is 9.85. The van der Waals surface area contributed by atoms with Crippen LogP contribution in [0.2, 0.25) is 0 Å². The van der Waals surface area contributed by atoms with Crippen LogP contribution in [-0.4, -0.2) is 37.2 Å². The summed E-state index contributed by atoms with van der Waals surface area (Å²) in [5, 5.41) is 0. The van der Waals surface area contributed by atoms with Crippen molar-refractivity contribution in [2.45, 2.75) is 57.0 Å². The number of nitrogens with two attached hydrogens (primary N) is 1. The molecule has 1 aromatic rings. The summed E-state index contributed by atoms with van der Waals surface area (Å²) in [6, 6.07) is 7.99. The zero-order valence-corrected chi connectivity index (χ0v) is 13.2. The number of hydrogen-bond donors (Lipinski definition) is 1. The molecule has 3 rings (SSSR count). The summed E-state index contributed by atoms with van der Waals surface area (Å²) in [5.41, 5.74) is 8.82. The molecule has 1 aliphatic carbocycles. The molecule has 0 spiro atoms. The van der Waals surface area contributed by atoms with Crippen molar-refractivity contribution < 1.29 is 4.74 Å². The van der Waals surface area contributed by atoms with Gasteiger partial charge in [0.1, 0.15) is 5.75 Å². The molecule has 21 heavy (non-hydrogen) atoms. The van der Waals surface area contributed by atoms with E-state index in [0.717, 1.165) is 18.7 Å². The van der Waals surface area contributed by atoms with E-state index >= 15 is 0 Å². The topological polar surface area (TPSA) is 38.5 Å². The van der Waals surface area contributed by atoms with Crippen molar-refractivity contribution in [3.63, 3.8) is 0 Å². The highest BCUT2D eigenvalue weighted by Crippen LogP contribution is 2.31. The van der Waals surface area contributed by atoms with Crippen molar-refractivity contribution >= 4 is 0 Å². The van der Waals surface area contributed by atoms with Crippen molar-refractivity contribution in [3.05, 3.63) is 29.3 Å². The van der Waals surface area contributed by atoms with Crippen molar-refractivity contribution in [2.24, 2.45) is 5.73 Å². The highest BCUT2D eigenvalue weighted by molar-refractivity contribution is 5.38. The monoisotopic (exact) mass is 288 g/mol. The number of fused-ring (bicyclic) bond motifs is 1. The maximum absolute atomic E-state index is 5.82. The highest BCUT2D eigenvalue weighted by Gasteiger charge is 2.30. The molecular formula is C18H28N2O. The molecule has 0 aromatic heterocycles. The van der Waals surface area contributed by atoms with E-state index in [1.54, 1.807) is 7.11 Å². The first-order chi connectivity index (χ1) is 10.3. The maximum atomic E-state index is 5.82. The van der Waals surface area contributed by atoms with Gasteiger partial charge < -0.3 is 10.5 Å². The van der Waals surface area contributed by atoms with Crippen LogP contribution in [0, 0.1) is 0 Å². The van der Waals surface area contributed by atoms with Crippen molar-refractivity contribution in [3.8, 4) is 5.75 Å². The Kier molecular flexibility index (Phi) is 4.81. The van der Waals surface area contributed by atoms with Gasteiger partial charge in [0.25, 0.3) is 0 Å². The number of ether oxygens (including phenoxy) is 1. The Hall–Kier alpha value is -1.06. The average molecular weight is 288 g/mol. The number of nitrogens with zero attached hydrogens (tertiary/aromatic N) is 1. The van der Waals surface area contributed by atoms with Gasteiger partial charge in [0, 0.05) is 12.1 Å².